The number of halogens is 1. The van der Waals surface area contributed by atoms with Crippen molar-refractivity contribution >= 4 is 17.4 Å². The molecule has 0 saturated carbocycles. The van der Waals surface area contributed by atoms with Gasteiger partial charge in [-0.15, -0.1) is 0 Å². The van der Waals surface area contributed by atoms with E-state index >= 15 is 0 Å². The summed E-state index contributed by atoms with van der Waals surface area (Å²) in [5.41, 5.74) is 3.28. The van der Waals surface area contributed by atoms with E-state index in [2.05, 4.69) is 0 Å². The van der Waals surface area contributed by atoms with Crippen LogP contribution >= 0.6 is 11.6 Å². The van der Waals surface area contributed by atoms with E-state index in [1.807, 2.05) is 71.6 Å². The van der Waals surface area contributed by atoms with Crippen LogP contribution in [0.5, 0.6) is 5.75 Å². The maximum atomic E-state index is 12.5. The van der Waals surface area contributed by atoms with Crippen LogP contribution in [0.4, 0.5) is 0 Å². The summed E-state index contributed by atoms with van der Waals surface area (Å²) >= 11 is 6.22. The van der Waals surface area contributed by atoms with E-state index in [9.17, 15) is 4.79 Å². The Morgan fingerprint density at radius 1 is 1.04 bits per heavy atom. The number of hydrogen-bond acceptors (Lipinski definition) is 3. The van der Waals surface area contributed by atoms with Crippen LogP contribution in [0.2, 0.25) is 5.02 Å². The van der Waals surface area contributed by atoms with Gasteiger partial charge in [0.2, 0.25) is 0 Å². The first-order valence-electron chi connectivity index (χ1n) is 8.31. The first kappa shape index (κ1) is 16.8. The standard InChI is InChI=1S/C21H17ClNO3/c22-19-10-17(21-18(11-19)13-25-14-26-21)12-23-8-6-16(7-9-23)20(24)15-4-2-1-3-5-15/h1-11H,12-14H2/q+1. The summed E-state index contributed by atoms with van der Waals surface area (Å²) in [6.45, 7) is 1.34. The van der Waals surface area contributed by atoms with Gasteiger partial charge in [0, 0.05) is 33.8 Å². The van der Waals surface area contributed by atoms with Crippen LogP contribution < -0.4 is 9.30 Å². The number of benzene rings is 2. The molecule has 130 valence electrons. The van der Waals surface area contributed by atoms with Gasteiger partial charge in [-0.1, -0.05) is 41.9 Å². The number of hydrogen-bond donors (Lipinski definition) is 0. The zero-order valence-corrected chi connectivity index (χ0v) is 14.8. The molecular formula is C21H17ClNO3+. The van der Waals surface area contributed by atoms with Gasteiger partial charge in [0.05, 0.1) is 12.2 Å². The average Bonchev–Trinajstić information content (AvgIpc) is 2.68. The summed E-state index contributed by atoms with van der Waals surface area (Å²) in [7, 11) is 0. The van der Waals surface area contributed by atoms with Gasteiger partial charge in [0.1, 0.15) is 5.75 Å². The topological polar surface area (TPSA) is 39.4 Å². The molecule has 3 aromatic rings. The van der Waals surface area contributed by atoms with E-state index in [4.69, 9.17) is 21.1 Å². The van der Waals surface area contributed by atoms with Crippen molar-refractivity contribution in [2.75, 3.05) is 6.79 Å². The number of rotatable bonds is 4. The third-order valence-electron chi connectivity index (χ3n) is 4.29. The lowest BCUT2D eigenvalue weighted by Crippen LogP contribution is -2.34. The van der Waals surface area contributed by atoms with Crippen molar-refractivity contribution in [3.63, 3.8) is 0 Å². The summed E-state index contributed by atoms with van der Waals surface area (Å²) in [6, 6.07) is 16.7. The molecule has 0 unspecified atom stereocenters. The number of pyridine rings is 1. The zero-order valence-electron chi connectivity index (χ0n) is 14.0. The Morgan fingerprint density at radius 3 is 2.54 bits per heavy atom. The minimum Gasteiger partial charge on any atom is -0.467 e. The van der Waals surface area contributed by atoms with Crippen molar-refractivity contribution in [1.82, 2.24) is 0 Å². The lowest BCUT2D eigenvalue weighted by atomic mass is 10.0. The minimum atomic E-state index is 0.0124. The average molecular weight is 367 g/mol. The molecule has 2 aromatic carbocycles. The van der Waals surface area contributed by atoms with Crippen molar-refractivity contribution in [2.45, 2.75) is 13.2 Å². The van der Waals surface area contributed by atoms with Crippen molar-refractivity contribution in [3.8, 4) is 5.75 Å². The molecule has 1 aliphatic heterocycles. The quantitative estimate of drug-likeness (QED) is 0.521. The molecule has 1 aliphatic rings. The van der Waals surface area contributed by atoms with Crippen molar-refractivity contribution < 1.29 is 18.8 Å². The second-order valence-corrected chi connectivity index (χ2v) is 6.55. The van der Waals surface area contributed by atoms with Crippen LogP contribution in [0.3, 0.4) is 0 Å². The molecule has 0 fully saturated rings. The number of fused-ring (bicyclic) bond motifs is 1. The second-order valence-electron chi connectivity index (χ2n) is 6.12. The van der Waals surface area contributed by atoms with E-state index in [0.717, 1.165) is 16.9 Å². The largest absolute Gasteiger partial charge is 0.467 e. The predicted octanol–water partition coefficient (Wildman–Crippen LogP) is 3.77. The first-order chi connectivity index (χ1) is 12.7. The summed E-state index contributed by atoms with van der Waals surface area (Å²) < 4.78 is 13.0. The van der Waals surface area contributed by atoms with Gasteiger partial charge in [0.25, 0.3) is 0 Å². The Balaban J connectivity index is 1.57. The summed E-state index contributed by atoms with van der Waals surface area (Å²) in [6.07, 6.45) is 3.78. The number of aromatic nitrogens is 1. The maximum absolute atomic E-state index is 12.5. The van der Waals surface area contributed by atoms with E-state index in [0.29, 0.717) is 29.3 Å². The molecule has 4 nitrogen and oxygen atoms in total. The molecule has 0 bridgehead atoms. The highest BCUT2D eigenvalue weighted by Crippen LogP contribution is 2.31. The second kappa shape index (κ2) is 7.28. The van der Waals surface area contributed by atoms with E-state index in [1.54, 1.807) is 0 Å². The zero-order chi connectivity index (χ0) is 17.9. The number of carbonyl (C=O) groups is 1. The highest BCUT2D eigenvalue weighted by molar-refractivity contribution is 6.30. The fourth-order valence-electron chi connectivity index (χ4n) is 3.04. The van der Waals surface area contributed by atoms with Gasteiger partial charge in [-0.05, 0) is 12.1 Å². The van der Waals surface area contributed by atoms with Crippen LogP contribution in [0.1, 0.15) is 27.0 Å². The third kappa shape index (κ3) is 3.47. The fraction of sp³-hybridized carbons (Fsp3) is 0.143. The SMILES string of the molecule is O=C(c1ccccc1)c1cc[n+](Cc2cc(Cl)cc3c2OCOC3)cc1. The summed E-state index contributed by atoms with van der Waals surface area (Å²) in [5, 5.41) is 0.657. The van der Waals surface area contributed by atoms with Gasteiger partial charge in [-0.25, -0.2) is 4.57 Å². The van der Waals surface area contributed by atoms with Crippen molar-refractivity contribution in [2.24, 2.45) is 0 Å². The molecule has 0 amide bonds. The van der Waals surface area contributed by atoms with Gasteiger partial charge in [-0.3, -0.25) is 4.79 Å². The maximum Gasteiger partial charge on any atom is 0.193 e. The number of nitrogens with zero attached hydrogens (tertiary/aromatic N) is 1. The monoisotopic (exact) mass is 366 g/mol. The van der Waals surface area contributed by atoms with Crippen LogP contribution in [-0.4, -0.2) is 12.6 Å². The third-order valence-corrected chi connectivity index (χ3v) is 4.51. The molecule has 1 aromatic heterocycles. The Morgan fingerprint density at radius 2 is 1.77 bits per heavy atom. The van der Waals surface area contributed by atoms with E-state index < -0.39 is 0 Å². The summed E-state index contributed by atoms with van der Waals surface area (Å²) in [4.78, 5) is 12.5. The Bertz CT molecular complexity index is 939. The minimum absolute atomic E-state index is 0.0124. The molecule has 5 heteroatoms. The molecule has 0 aliphatic carbocycles. The Labute approximate surface area is 156 Å². The number of carbonyl (C=O) groups excluding carboxylic acids is 1. The first-order valence-corrected chi connectivity index (χ1v) is 8.69. The Kier molecular flexibility index (Phi) is 4.69. The van der Waals surface area contributed by atoms with Crippen molar-refractivity contribution in [1.29, 1.82) is 0 Å². The molecule has 0 saturated heterocycles. The van der Waals surface area contributed by atoms with Gasteiger partial charge >= 0.3 is 0 Å². The van der Waals surface area contributed by atoms with Crippen LogP contribution in [0.15, 0.2) is 67.0 Å². The predicted molar refractivity (Wildman–Crippen MR) is 97.3 cm³/mol. The van der Waals surface area contributed by atoms with Gasteiger partial charge in [0.15, 0.2) is 31.5 Å². The molecule has 0 spiro atoms. The van der Waals surface area contributed by atoms with Crippen LogP contribution in [-0.2, 0) is 17.9 Å². The lowest BCUT2D eigenvalue weighted by molar-refractivity contribution is -0.688. The smallest absolute Gasteiger partial charge is 0.193 e. The normalized spacial score (nSPS) is 13.0. The molecule has 4 rings (SSSR count). The van der Waals surface area contributed by atoms with Gasteiger partial charge in [-0.2, -0.15) is 0 Å². The molecule has 0 atom stereocenters. The van der Waals surface area contributed by atoms with Gasteiger partial charge < -0.3 is 9.47 Å². The Hall–Kier alpha value is -2.69. The highest BCUT2D eigenvalue weighted by atomic mass is 35.5. The molecule has 0 N–H and O–H groups in total. The van der Waals surface area contributed by atoms with E-state index in [1.165, 1.54) is 0 Å². The van der Waals surface area contributed by atoms with E-state index in [-0.39, 0.29) is 12.6 Å². The van der Waals surface area contributed by atoms with Crippen LogP contribution in [0, 0.1) is 0 Å². The number of ketones is 1. The number of ether oxygens (including phenoxy) is 2. The van der Waals surface area contributed by atoms with Crippen molar-refractivity contribution in [3.05, 3.63) is 94.3 Å². The van der Waals surface area contributed by atoms with Crippen LogP contribution in [0.25, 0.3) is 0 Å². The lowest BCUT2D eigenvalue weighted by Gasteiger charge is -2.20. The summed E-state index contributed by atoms with van der Waals surface area (Å²) in [5.74, 6) is 0.843. The molecule has 0 radical (unpaired) electrons. The highest BCUT2D eigenvalue weighted by Gasteiger charge is 2.19. The molecule has 2 heterocycles. The fourth-order valence-corrected chi connectivity index (χ4v) is 3.30. The molecule has 26 heavy (non-hydrogen) atoms. The molecular weight excluding hydrogens is 350 g/mol.